The monoisotopic (exact) mass is 272 g/mol. The summed E-state index contributed by atoms with van der Waals surface area (Å²) in [5, 5.41) is 4.46. The normalized spacial score (nSPS) is 22.3. The molecule has 2 N–H and O–H groups in total. The van der Waals surface area contributed by atoms with Crippen LogP contribution in [-0.4, -0.2) is 41.6 Å². The van der Waals surface area contributed by atoms with Crippen LogP contribution in [-0.2, 0) is 16.6 Å². The maximum absolute atomic E-state index is 12.5. The van der Waals surface area contributed by atoms with Crippen molar-refractivity contribution in [1.82, 2.24) is 14.1 Å². The molecule has 7 heteroatoms. The Kier molecular flexibility index (Phi) is 3.74. The smallest absolute Gasteiger partial charge is 0.260 e. The molecule has 0 spiro atoms. The topological polar surface area (TPSA) is 81.2 Å². The number of piperidine rings is 1. The van der Waals surface area contributed by atoms with Gasteiger partial charge in [0.2, 0.25) is 0 Å². The first-order valence-corrected chi connectivity index (χ1v) is 7.69. The molecule has 1 aromatic rings. The minimum Gasteiger partial charge on any atom is -0.327 e. The summed E-state index contributed by atoms with van der Waals surface area (Å²) in [6.45, 7) is 5.17. The molecule has 1 fully saturated rings. The van der Waals surface area contributed by atoms with Crippen LogP contribution in [0.4, 0.5) is 0 Å². The van der Waals surface area contributed by atoms with Crippen molar-refractivity contribution in [2.75, 3.05) is 13.1 Å². The number of aryl methyl sites for hydroxylation is 2. The summed E-state index contributed by atoms with van der Waals surface area (Å²) in [5.41, 5.74) is 6.57. The minimum absolute atomic E-state index is 0.0624. The van der Waals surface area contributed by atoms with Gasteiger partial charge < -0.3 is 5.73 Å². The molecule has 102 valence electrons. The zero-order chi connectivity index (χ0) is 13.3. The van der Waals surface area contributed by atoms with Gasteiger partial charge in [-0.05, 0) is 32.8 Å². The second-order valence-corrected chi connectivity index (χ2v) is 6.59. The number of sulfonamides is 1. The highest BCUT2D eigenvalue weighted by molar-refractivity contribution is 7.89. The maximum atomic E-state index is 12.5. The standard InChI is InChI=1S/C11H20N4O2S/c1-3-15-11(7-9(2)13-15)18(16,17)14-6-4-5-10(12)8-14/h7,10H,3-6,8,12H2,1-2H3. The van der Waals surface area contributed by atoms with Crippen LogP contribution in [0.25, 0.3) is 0 Å². The largest absolute Gasteiger partial charge is 0.327 e. The first kappa shape index (κ1) is 13.5. The van der Waals surface area contributed by atoms with E-state index in [1.54, 1.807) is 13.0 Å². The number of hydrogen-bond acceptors (Lipinski definition) is 4. The Morgan fingerprint density at radius 1 is 1.56 bits per heavy atom. The van der Waals surface area contributed by atoms with Crippen LogP contribution in [0.3, 0.4) is 0 Å². The highest BCUT2D eigenvalue weighted by atomic mass is 32.2. The Morgan fingerprint density at radius 2 is 2.28 bits per heavy atom. The highest BCUT2D eigenvalue weighted by Gasteiger charge is 2.31. The van der Waals surface area contributed by atoms with Gasteiger partial charge >= 0.3 is 0 Å². The molecular weight excluding hydrogens is 252 g/mol. The van der Waals surface area contributed by atoms with E-state index in [0.29, 0.717) is 19.6 Å². The van der Waals surface area contributed by atoms with Crippen molar-refractivity contribution in [2.24, 2.45) is 5.73 Å². The second kappa shape index (κ2) is 4.99. The Morgan fingerprint density at radius 3 is 2.89 bits per heavy atom. The molecule has 0 aromatic carbocycles. The molecule has 0 radical (unpaired) electrons. The predicted molar refractivity (Wildman–Crippen MR) is 68.6 cm³/mol. The lowest BCUT2D eigenvalue weighted by atomic mass is 10.1. The van der Waals surface area contributed by atoms with Gasteiger partial charge in [-0.25, -0.2) is 8.42 Å². The van der Waals surface area contributed by atoms with Gasteiger partial charge in [0.05, 0.1) is 5.69 Å². The molecule has 1 unspecified atom stereocenters. The van der Waals surface area contributed by atoms with Crippen molar-refractivity contribution in [2.45, 2.75) is 44.3 Å². The van der Waals surface area contributed by atoms with Gasteiger partial charge in [-0.2, -0.15) is 9.40 Å². The van der Waals surface area contributed by atoms with E-state index in [9.17, 15) is 8.42 Å². The molecule has 0 saturated carbocycles. The van der Waals surface area contributed by atoms with Crippen molar-refractivity contribution < 1.29 is 8.42 Å². The SMILES string of the molecule is CCn1nc(C)cc1S(=O)(=O)N1CCCC(N)C1. The lowest BCUT2D eigenvalue weighted by molar-refractivity contribution is 0.313. The summed E-state index contributed by atoms with van der Waals surface area (Å²) >= 11 is 0. The van der Waals surface area contributed by atoms with Crippen LogP contribution in [0.5, 0.6) is 0 Å². The number of aromatic nitrogens is 2. The minimum atomic E-state index is -3.46. The average Bonchev–Trinajstić information content (AvgIpc) is 2.71. The highest BCUT2D eigenvalue weighted by Crippen LogP contribution is 2.20. The third kappa shape index (κ3) is 2.43. The second-order valence-electron chi connectivity index (χ2n) is 4.71. The van der Waals surface area contributed by atoms with Crippen LogP contribution in [0, 0.1) is 6.92 Å². The molecule has 18 heavy (non-hydrogen) atoms. The number of hydrogen-bond donors (Lipinski definition) is 1. The lowest BCUT2D eigenvalue weighted by Crippen LogP contribution is -2.46. The van der Waals surface area contributed by atoms with Crippen molar-refractivity contribution >= 4 is 10.0 Å². The lowest BCUT2D eigenvalue weighted by Gasteiger charge is -2.29. The van der Waals surface area contributed by atoms with Gasteiger partial charge in [0, 0.05) is 25.7 Å². The number of rotatable bonds is 3. The fourth-order valence-corrected chi connectivity index (χ4v) is 4.06. The number of nitrogens with zero attached hydrogens (tertiary/aromatic N) is 3. The zero-order valence-electron chi connectivity index (χ0n) is 10.8. The van der Waals surface area contributed by atoms with E-state index < -0.39 is 10.0 Å². The molecule has 1 saturated heterocycles. The Hall–Kier alpha value is -0.920. The molecule has 2 rings (SSSR count). The van der Waals surface area contributed by atoms with Crippen molar-refractivity contribution in [3.05, 3.63) is 11.8 Å². The van der Waals surface area contributed by atoms with E-state index in [1.807, 2.05) is 6.92 Å². The van der Waals surface area contributed by atoms with Crippen molar-refractivity contribution in [3.8, 4) is 0 Å². The van der Waals surface area contributed by atoms with Crippen LogP contribution < -0.4 is 5.73 Å². The molecule has 0 bridgehead atoms. The summed E-state index contributed by atoms with van der Waals surface area (Å²) in [4.78, 5) is 0. The van der Waals surface area contributed by atoms with Crippen molar-refractivity contribution in [1.29, 1.82) is 0 Å². The van der Waals surface area contributed by atoms with Gasteiger partial charge in [0.25, 0.3) is 10.0 Å². The van der Waals surface area contributed by atoms with Crippen LogP contribution in [0.1, 0.15) is 25.5 Å². The van der Waals surface area contributed by atoms with Gasteiger partial charge in [-0.1, -0.05) is 0 Å². The van der Waals surface area contributed by atoms with E-state index >= 15 is 0 Å². The molecule has 1 aliphatic heterocycles. The van der Waals surface area contributed by atoms with Gasteiger partial charge in [-0.3, -0.25) is 4.68 Å². The van der Waals surface area contributed by atoms with Gasteiger partial charge in [0.1, 0.15) is 0 Å². The quantitative estimate of drug-likeness (QED) is 0.859. The van der Waals surface area contributed by atoms with Crippen LogP contribution in [0.15, 0.2) is 11.1 Å². The Labute approximate surface area is 108 Å². The molecule has 2 heterocycles. The third-order valence-corrected chi connectivity index (χ3v) is 5.06. The molecular formula is C11H20N4O2S. The first-order chi connectivity index (χ1) is 8.45. The van der Waals surface area contributed by atoms with E-state index in [2.05, 4.69) is 5.10 Å². The fraction of sp³-hybridized carbons (Fsp3) is 0.727. The maximum Gasteiger partial charge on any atom is 0.260 e. The molecule has 0 aliphatic carbocycles. The first-order valence-electron chi connectivity index (χ1n) is 6.25. The fourth-order valence-electron chi connectivity index (χ4n) is 2.28. The average molecular weight is 272 g/mol. The predicted octanol–water partition coefficient (Wildman–Crippen LogP) is 0.323. The molecule has 6 nitrogen and oxygen atoms in total. The summed E-state index contributed by atoms with van der Waals surface area (Å²) in [7, 11) is -3.46. The van der Waals surface area contributed by atoms with E-state index in [0.717, 1.165) is 18.5 Å². The van der Waals surface area contributed by atoms with E-state index in [1.165, 1.54) is 8.99 Å². The third-order valence-electron chi connectivity index (χ3n) is 3.19. The van der Waals surface area contributed by atoms with Crippen molar-refractivity contribution in [3.63, 3.8) is 0 Å². The van der Waals surface area contributed by atoms with Crippen LogP contribution in [0.2, 0.25) is 0 Å². The molecule has 1 aromatic heterocycles. The van der Waals surface area contributed by atoms with Gasteiger partial charge in [-0.15, -0.1) is 0 Å². The zero-order valence-corrected chi connectivity index (χ0v) is 11.7. The summed E-state index contributed by atoms with van der Waals surface area (Å²) in [5.74, 6) is 0. The molecule has 1 aliphatic rings. The number of nitrogens with two attached hydrogens (primary N) is 1. The molecule has 0 amide bonds. The summed E-state index contributed by atoms with van der Waals surface area (Å²) in [6, 6.07) is 1.56. The Bertz CT molecular complexity index is 523. The van der Waals surface area contributed by atoms with Crippen LogP contribution >= 0.6 is 0 Å². The summed E-state index contributed by atoms with van der Waals surface area (Å²) in [6.07, 6.45) is 1.71. The van der Waals surface area contributed by atoms with E-state index in [-0.39, 0.29) is 11.1 Å². The van der Waals surface area contributed by atoms with Gasteiger partial charge in [0.15, 0.2) is 5.03 Å². The van der Waals surface area contributed by atoms with E-state index in [4.69, 9.17) is 5.73 Å². The summed E-state index contributed by atoms with van der Waals surface area (Å²) < 4.78 is 28.1. The molecule has 1 atom stereocenters. The Balaban J connectivity index is 2.35.